The minimum atomic E-state index is -4.68. The molecule has 9 heteroatoms. The fraction of sp³-hybridized carbons (Fsp3) is 0.167. The Balaban J connectivity index is 2.42. The number of halogens is 5. The maximum atomic E-state index is 13.2. The minimum absolute atomic E-state index is 0.00708. The van der Waals surface area contributed by atoms with E-state index in [1.807, 2.05) is 0 Å². The Labute approximate surface area is 125 Å². The Kier molecular flexibility index (Phi) is 4.31. The number of hydrogen-bond donors (Lipinski definition) is 2. The van der Waals surface area contributed by atoms with Crippen molar-refractivity contribution >= 4 is 33.3 Å². The Hall–Kier alpha value is -1.90. The van der Waals surface area contributed by atoms with E-state index in [-0.39, 0.29) is 17.3 Å². The highest BCUT2D eigenvalue weighted by atomic mass is 79.9. The molecule has 0 aliphatic rings. The van der Waals surface area contributed by atoms with Crippen LogP contribution < -0.4 is 10.6 Å². The summed E-state index contributed by atoms with van der Waals surface area (Å²) in [7, 11) is 1.43. The maximum Gasteiger partial charge on any atom is 0.451 e. The molecule has 2 rings (SSSR count). The maximum absolute atomic E-state index is 13.2. The molecule has 1 heterocycles. The zero-order valence-electron chi connectivity index (χ0n) is 10.6. The molecule has 0 saturated heterocycles. The van der Waals surface area contributed by atoms with Crippen LogP contribution in [0.1, 0.15) is 5.82 Å². The Morgan fingerprint density at radius 2 is 1.76 bits per heavy atom. The lowest BCUT2D eigenvalue weighted by Crippen LogP contribution is -2.13. The van der Waals surface area contributed by atoms with E-state index >= 15 is 0 Å². The fourth-order valence-corrected chi connectivity index (χ4v) is 1.84. The van der Waals surface area contributed by atoms with Crippen LogP contribution in [-0.2, 0) is 6.18 Å². The Bertz CT molecular complexity index is 660. The van der Waals surface area contributed by atoms with Gasteiger partial charge in [0.15, 0.2) is 0 Å². The zero-order valence-corrected chi connectivity index (χ0v) is 12.2. The average molecular weight is 365 g/mol. The first kappa shape index (κ1) is 15.5. The van der Waals surface area contributed by atoms with Crippen molar-refractivity contribution in [1.29, 1.82) is 0 Å². The number of hydrogen-bond acceptors (Lipinski definition) is 4. The van der Waals surface area contributed by atoms with Crippen LogP contribution in [0.5, 0.6) is 0 Å². The molecule has 0 aliphatic heterocycles. The molecule has 21 heavy (non-hydrogen) atoms. The second-order valence-corrected chi connectivity index (χ2v) is 4.81. The topological polar surface area (TPSA) is 49.8 Å². The van der Waals surface area contributed by atoms with Gasteiger partial charge < -0.3 is 10.6 Å². The third kappa shape index (κ3) is 3.81. The van der Waals surface area contributed by atoms with E-state index in [0.29, 0.717) is 4.47 Å². The van der Waals surface area contributed by atoms with Gasteiger partial charge in [-0.2, -0.15) is 13.2 Å². The van der Waals surface area contributed by atoms with Gasteiger partial charge in [-0.05, 0) is 34.1 Å². The van der Waals surface area contributed by atoms with Crippen LogP contribution in [0.3, 0.4) is 0 Å². The first-order valence-electron chi connectivity index (χ1n) is 5.65. The van der Waals surface area contributed by atoms with Gasteiger partial charge >= 0.3 is 6.18 Å². The third-order valence-electron chi connectivity index (χ3n) is 2.43. The summed E-state index contributed by atoms with van der Waals surface area (Å²) in [5.41, 5.74) is 0.254. The SMILES string of the molecule is CNc1cc(Nc2cc(F)ccc2Br)nc(C(F)(F)F)n1. The molecule has 2 N–H and O–H groups in total. The van der Waals surface area contributed by atoms with Gasteiger partial charge in [-0.3, -0.25) is 0 Å². The van der Waals surface area contributed by atoms with Gasteiger partial charge in [0.1, 0.15) is 17.5 Å². The van der Waals surface area contributed by atoms with Crippen LogP contribution in [0.4, 0.5) is 34.9 Å². The number of alkyl halides is 3. The van der Waals surface area contributed by atoms with Crippen molar-refractivity contribution in [1.82, 2.24) is 9.97 Å². The van der Waals surface area contributed by atoms with E-state index in [0.717, 1.165) is 6.07 Å². The molecule has 0 spiro atoms. The summed E-state index contributed by atoms with van der Waals surface area (Å²) < 4.78 is 51.8. The fourth-order valence-electron chi connectivity index (χ4n) is 1.50. The van der Waals surface area contributed by atoms with Crippen molar-refractivity contribution < 1.29 is 17.6 Å². The molecule has 1 aromatic carbocycles. The molecular weight excluding hydrogens is 356 g/mol. The van der Waals surface area contributed by atoms with Gasteiger partial charge in [0.05, 0.1) is 5.69 Å². The summed E-state index contributed by atoms with van der Waals surface area (Å²) in [5, 5.41) is 5.14. The smallest absolute Gasteiger partial charge is 0.373 e. The number of rotatable bonds is 3. The van der Waals surface area contributed by atoms with Gasteiger partial charge in [0.2, 0.25) is 5.82 Å². The summed E-state index contributed by atoms with van der Waals surface area (Å²) >= 11 is 3.17. The molecular formula is C12H9BrF4N4. The summed E-state index contributed by atoms with van der Waals surface area (Å²) in [6.45, 7) is 0. The molecule has 1 aromatic heterocycles. The molecule has 112 valence electrons. The number of anilines is 3. The van der Waals surface area contributed by atoms with Gasteiger partial charge in [-0.15, -0.1) is 0 Å². The van der Waals surface area contributed by atoms with Crippen LogP contribution in [0.25, 0.3) is 0 Å². The molecule has 0 radical (unpaired) electrons. The predicted octanol–water partition coefficient (Wildman–Crippen LogP) is 4.18. The van der Waals surface area contributed by atoms with Gasteiger partial charge in [0, 0.05) is 17.6 Å². The quantitative estimate of drug-likeness (QED) is 0.802. The van der Waals surface area contributed by atoms with Crippen LogP contribution in [-0.4, -0.2) is 17.0 Å². The zero-order chi connectivity index (χ0) is 15.6. The molecule has 0 saturated carbocycles. The molecule has 0 atom stereocenters. The van der Waals surface area contributed by atoms with Crippen molar-refractivity contribution in [2.75, 3.05) is 17.7 Å². The predicted molar refractivity (Wildman–Crippen MR) is 74.0 cm³/mol. The van der Waals surface area contributed by atoms with Gasteiger partial charge in [0.25, 0.3) is 0 Å². The van der Waals surface area contributed by atoms with Gasteiger partial charge in [-0.1, -0.05) is 0 Å². The average Bonchev–Trinajstić information content (AvgIpc) is 2.41. The second-order valence-electron chi connectivity index (χ2n) is 3.96. The molecule has 2 aromatic rings. The van der Waals surface area contributed by atoms with Gasteiger partial charge in [-0.25, -0.2) is 14.4 Å². The summed E-state index contributed by atoms with van der Waals surface area (Å²) in [6.07, 6.45) is -4.68. The van der Waals surface area contributed by atoms with Crippen molar-refractivity contribution in [2.24, 2.45) is 0 Å². The van der Waals surface area contributed by atoms with E-state index in [1.165, 1.54) is 25.2 Å². The van der Waals surface area contributed by atoms with E-state index in [1.54, 1.807) is 0 Å². The Morgan fingerprint density at radius 1 is 1.10 bits per heavy atom. The highest BCUT2D eigenvalue weighted by Gasteiger charge is 2.35. The highest BCUT2D eigenvalue weighted by molar-refractivity contribution is 9.10. The number of aromatic nitrogens is 2. The van der Waals surface area contributed by atoms with Crippen LogP contribution in [0.2, 0.25) is 0 Å². The van der Waals surface area contributed by atoms with E-state index in [2.05, 4.69) is 36.5 Å². The third-order valence-corrected chi connectivity index (χ3v) is 3.12. The summed E-state index contributed by atoms with van der Waals surface area (Å²) in [4.78, 5) is 6.72. The van der Waals surface area contributed by atoms with E-state index < -0.39 is 17.8 Å². The first-order valence-corrected chi connectivity index (χ1v) is 6.45. The normalized spacial score (nSPS) is 11.3. The lowest BCUT2D eigenvalue weighted by atomic mass is 10.3. The highest BCUT2D eigenvalue weighted by Crippen LogP contribution is 2.30. The molecule has 0 aliphatic carbocycles. The molecule has 0 amide bonds. The standard InChI is InChI=1S/C12H9BrF4N4/c1-18-9-5-10(21-11(20-9)12(15,16)17)19-8-4-6(14)2-3-7(8)13/h2-5H,1H3,(H2,18,19,20,21). The van der Waals surface area contributed by atoms with E-state index in [4.69, 9.17) is 0 Å². The number of benzene rings is 1. The van der Waals surface area contributed by atoms with Crippen molar-refractivity contribution in [3.63, 3.8) is 0 Å². The minimum Gasteiger partial charge on any atom is -0.373 e. The van der Waals surface area contributed by atoms with Crippen molar-refractivity contribution in [3.8, 4) is 0 Å². The molecule has 0 fully saturated rings. The Morgan fingerprint density at radius 3 is 2.38 bits per heavy atom. The summed E-state index contributed by atoms with van der Waals surface area (Å²) in [6, 6.07) is 5.07. The van der Waals surface area contributed by atoms with Crippen LogP contribution >= 0.6 is 15.9 Å². The first-order chi connectivity index (χ1) is 9.79. The van der Waals surface area contributed by atoms with Crippen molar-refractivity contribution in [2.45, 2.75) is 6.18 Å². The summed E-state index contributed by atoms with van der Waals surface area (Å²) in [5.74, 6) is -1.93. The van der Waals surface area contributed by atoms with E-state index in [9.17, 15) is 17.6 Å². The largest absolute Gasteiger partial charge is 0.451 e. The molecule has 0 bridgehead atoms. The monoisotopic (exact) mass is 364 g/mol. The lowest BCUT2D eigenvalue weighted by Gasteiger charge is -2.12. The van der Waals surface area contributed by atoms with Crippen molar-refractivity contribution in [3.05, 3.63) is 40.4 Å². The second kappa shape index (κ2) is 5.84. The van der Waals surface area contributed by atoms with Crippen LogP contribution in [0.15, 0.2) is 28.7 Å². The number of nitrogens with zero attached hydrogens (tertiary/aromatic N) is 2. The molecule has 4 nitrogen and oxygen atoms in total. The molecule has 0 unspecified atom stereocenters. The lowest BCUT2D eigenvalue weighted by molar-refractivity contribution is -0.144. The van der Waals surface area contributed by atoms with Crippen LogP contribution in [0, 0.1) is 5.82 Å². The number of nitrogens with one attached hydrogen (secondary N) is 2.